The van der Waals surface area contributed by atoms with Gasteiger partial charge < -0.3 is 5.11 Å². The van der Waals surface area contributed by atoms with Crippen molar-refractivity contribution in [3.05, 3.63) is 33.8 Å². The molecule has 3 rings (SSSR count). The van der Waals surface area contributed by atoms with Crippen molar-refractivity contribution in [2.45, 2.75) is 30.9 Å². The third kappa shape index (κ3) is 1.78. The molecule has 0 amide bonds. The summed E-state index contributed by atoms with van der Waals surface area (Å²) in [6.45, 7) is 2.04. The summed E-state index contributed by atoms with van der Waals surface area (Å²) in [5.74, 6) is 0. The van der Waals surface area contributed by atoms with Crippen LogP contribution in [0.2, 0.25) is 10.0 Å². The highest BCUT2D eigenvalue weighted by atomic mass is 35.5. The molecule has 92 valence electrons. The van der Waals surface area contributed by atoms with Crippen molar-refractivity contribution in [1.82, 2.24) is 4.90 Å². The van der Waals surface area contributed by atoms with Gasteiger partial charge in [-0.25, -0.2) is 0 Å². The molecule has 17 heavy (non-hydrogen) atoms. The number of rotatable bonds is 1. The summed E-state index contributed by atoms with van der Waals surface area (Å²) in [4.78, 5) is 2.36. The second-order valence-corrected chi connectivity index (χ2v) is 5.84. The Morgan fingerprint density at radius 2 is 2.12 bits per heavy atom. The van der Waals surface area contributed by atoms with E-state index in [1.807, 2.05) is 6.07 Å². The molecule has 0 bridgehead atoms. The molecule has 0 saturated carbocycles. The Morgan fingerprint density at radius 1 is 1.29 bits per heavy atom. The molecule has 2 heterocycles. The Kier molecular flexibility index (Phi) is 2.86. The van der Waals surface area contributed by atoms with Crippen LogP contribution < -0.4 is 0 Å². The topological polar surface area (TPSA) is 23.5 Å². The molecule has 0 spiro atoms. The molecule has 0 aromatic heterocycles. The first-order valence-corrected chi connectivity index (χ1v) is 6.79. The van der Waals surface area contributed by atoms with E-state index in [4.69, 9.17) is 23.2 Å². The van der Waals surface area contributed by atoms with Crippen LogP contribution in [-0.4, -0.2) is 29.1 Å². The van der Waals surface area contributed by atoms with Crippen LogP contribution in [0.5, 0.6) is 0 Å². The molecule has 2 aliphatic rings. The number of fused-ring (bicyclic) bond motifs is 1. The fraction of sp³-hybridized carbons (Fsp3) is 0.538. The Balaban J connectivity index is 2.05. The lowest BCUT2D eigenvalue weighted by Gasteiger charge is -2.31. The largest absolute Gasteiger partial charge is 0.383 e. The minimum absolute atomic E-state index is 0.207. The molecule has 0 radical (unpaired) electrons. The van der Waals surface area contributed by atoms with Gasteiger partial charge in [0, 0.05) is 28.2 Å². The van der Waals surface area contributed by atoms with Crippen molar-refractivity contribution in [2.75, 3.05) is 13.1 Å². The van der Waals surface area contributed by atoms with Gasteiger partial charge in [-0.1, -0.05) is 23.2 Å². The van der Waals surface area contributed by atoms with Crippen molar-refractivity contribution in [3.63, 3.8) is 0 Å². The molecule has 1 aromatic carbocycles. The second kappa shape index (κ2) is 4.13. The predicted octanol–water partition coefficient (Wildman–Crippen LogP) is 3.05. The summed E-state index contributed by atoms with van der Waals surface area (Å²) in [5.41, 5.74) is -0.0283. The van der Waals surface area contributed by atoms with E-state index in [9.17, 15) is 5.11 Å². The van der Waals surface area contributed by atoms with Crippen LogP contribution in [0.3, 0.4) is 0 Å². The quantitative estimate of drug-likeness (QED) is 0.849. The lowest BCUT2D eigenvalue weighted by atomic mass is 9.85. The molecule has 2 fully saturated rings. The SMILES string of the molecule is OC1(c2cc(Cl)ccc2Cl)CCN2CCCC21. The van der Waals surface area contributed by atoms with Gasteiger partial charge >= 0.3 is 0 Å². The van der Waals surface area contributed by atoms with Gasteiger partial charge in [0.15, 0.2) is 0 Å². The molecular formula is C13H15Cl2NO. The average Bonchev–Trinajstić information content (AvgIpc) is 2.87. The molecule has 0 aliphatic carbocycles. The first-order valence-electron chi connectivity index (χ1n) is 6.03. The summed E-state index contributed by atoms with van der Waals surface area (Å²) in [6, 6.07) is 5.55. The third-order valence-corrected chi connectivity index (χ3v) is 4.65. The molecule has 1 N–H and O–H groups in total. The van der Waals surface area contributed by atoms with Gasteiger partial charge in [0.25, 0.3) is 0 Å². The number of nitrogens with zero attached hydrogens (tertiary/aromatic N) is 1. The van der Waals surface area contributed by atoms with Gasteiger partial charge in [0.05, 0.1) is 0 Å². The van der Waals surface area contributed by atoms with Crippen molar-refractivity contribution in [1.29, 1.82) is 0 Å². The Labute approximate surface area is 111 Å². The van der Waals surface area contributed by atoms with Gasteiger partial charge in [-0.15, -0.1) is 0 Å². The van der Waals surface area contributed by atoms with Crippen molar-refractivity contribution >= 4 is 23.2 Å². The summed E-state index contributed by atoms with van der Waals surface area (Å²) >= 11 is 12.2. The molecule has 2 atom stereocenters. The minimum atomic E-state index is -0.821. The van der Waals surface area contributed by atoms with Gasteiger partial charge in [-0.05, 0) is 44.0 Å². The maximum atomic E-state index is 11.0. The van der Waals surface area contributed by atoms with Gasteiger partial charge in [-0.2, -0.15) is 0 Å². The zero-order valence-electron chi connectivity index (χ0n) is 9.50. The summed E-state index contributed by atoms with van der Waals surface area (Å²) < 4.78 is 0. The number of aliphatic hydroxyl groups is 1. The van der Waals surface area contributed by atoms with Crippen molar-refractivity contribution in [3.8, 4) is 0 Å². The zero-order chi connectivity index (χ0) is 12.0. The van der Waals surface area contributed by atoms with Crippen LogP contribution in [0.4, 0.5) is 0 Å². The highest BCUT2D eigenvalue weighted by molar-refractivity contribution is 6.33. The van der Waals surface area contributed by atoms with Crippen LogP contribution in [0.1, 0.15) is 24.8 Å². The Morgan fingerprint density at radius 3 is 2.94 bits per heavy atom. The lowest BCUT2D eigenvalue weighted by Crippen LogP contribution is -2.38. The number of hydrogen-bond acceptors (Lipinski definition) is 2. The van der Waals surface area contributed by atoms with Gasteiger partial charge in [0.1, 0.15) is 5.60 Å². The number of benzene rings is 1. The van der Waals surface area contributed by atoms with Crippen molar-refractivity contribution in [2.24, 2.45) is 0 Å². The van der Waals surface area contributed by atoms with E-state index in [1.165, 1.54) is 0 Å². The normalized spacial score (nSPS) is 33.0. The van der Waals surface area contributed by atoms with E-state index in [2.05, 4.69) is 4.90 Å². The summed E-state index contributed by atoms with van der Waals surface area (Å²) in [5, 5.41) is 12.2. The van der Waals surface area contributed by atoms with E-state index in [0.29, 0.717) is 10.0 Å². The molecular weight excluding hydrogens is 257 g/mol. The maximum Gasteiger partial charge on any atom is 0.108 e. The predicted molar refractivity (Wildman–Crippen MR) is 69.6 cm³/mol. The van der Waals surface area contributed by atoms with Crippen molar-refractivity contribution < 1.29 is 5.11 Å². The van der Waals surface area contributed by atoms with Crippen LogP contribution >= 0.6 is 23.2 Å². The number of hydrogen-bond donors (Lipinski definition) is 1. The fourth-order valence-corrected chi connectivity index (χ4v) is 3.71. The first-order chi connectivity index (χ1) is 8.11. The van der Waals surface area contributed by atoms with E-state index in [1.54, 1.807) is 12.1 Å². The van der Waals surface area contributed by atoms with Crippen LogP contribution in [0.25, 0.3) is 0 Å². The molecule has 2 nitrogen and oxygen atoms in total. The highest BCUT2D eigenvalue weighted by Crippen LogP contribution is 2.45. The standard InChI is InChI=1S/C13H15Cl2NO/c14-9-3-4-11(15)10(8-9)13(17)5-7-16-6-1-2-12(13)16/h3-4,8,12,17H,1-2,5-7H2. The monoisotopic (exact) mass is 271 g/mol. The van der Waals surface area contributed by atoms with Crippen LogP contribution in [-0.2, 0) is 5.60 Å². The molecule has 4 heteroatoms. The zero-order valence-corrected chi connectivity index (χ0v) is 11.0. The molecule has 2 unspecified atom stereocenters. The van der Waals surface area contributed by atoms with E-state index in [-0.39, 0.29) is 6.04 Å². The lowest BCUT2D eigenvalue weighted by molar-refractivity contribution is 0.00949. The number of halogens is 2. The van der Waals surface area contributed by atoms with Crippen LogP contribution in [0, 0.1) is 0 Å². The fourth-order valence-electron chi connectivity index (χ4n) is 3.26. The van der Waals surface area contributed by atoms with Gasteiger partial charge in [0.2, 0.25) is 0 Å². The first kappa shape index (κ1) is 11.8. The van der Waals surface area contributed by atoms with Crippen LogP contribution in [0.15, 0.2) is 18.2 Å². The third-order valence-electron chi connectivity index (χ3n) is 4.09. The molecule has 2 saturated heterocycles. The van der Waals surface area contributed by atoms with E-state index < -0.39 is 5.60 Å². The van der Waals surface area contributed by atoms with E-state index in [0.717, 1.165) is 37.9 Å². The van der Waals surface area contributed by atoms with E-state index >= 15 is 0 Å². The molecule has 2 aliphatic heterocycles. The Bertz CT molecular complexity index is 451. The smallest absolute Gasteiger partial charge is 0.108 e. The maximum absolute atomic E-state index is 11.0. The summed E-state index contributed by atoms with van der Waals surface area (Å²) in [7, 11) is 0. The summed E-state index contributed by atoms with van der Waals surface area (Å²) in [6.07, 6.45) is 2.95. The molecule has 1 aromatic rings. The van der Waals surface area contributed by atoms with Gasteiger partial charge in [-0.3, -0.25) is 4.90 Å². The average molecular weight is 272 g/mol. The Hall–Kier alpha value is -0.280. The highest BCUT2D eigenvalue weighted by Gasteiger charge is 2.49. The second-order valence-electron chi connectivity index (χ2n) is 4.99. The minimum Gasteiger partial charge on any atom is -0.383 e.